The first-order chi connectivity index (χ1) is 7.93. The Morgan fingerprint density at radius 3 is 2.62 bits per heavy atom. The summed E-state index contributed by atoms with van der Waals surface area (Å²) in [6.45, 7) is 0. The number of hydrogen-bond donors (Lipinski definition) is 0. The summed E-state index contributed by atoms with van der Waals surface area (Å²) in [5.41, 5.74) is 2.02. The molecule has 0 aliphatic heterocycles. The molecule has 0 unspecified atom stereocenters. The van der Waals surface area contributed by atoms with Crippen LogP contribution < -0.4 is 0 Å². The predicted octanol–water partition coefficient (Wildman–Crippen LogP) is 3.17. The second-order valence-electron chi connectivity index (χ2n) is 3.93. The molecule has 0 aliphatic carbocycles. The lowest BCUT2D eigenvalue weighted by Gasteiger charge is -2.07. The number of pyridine rings is 2. The average Bonchev–Trinajstić information content (AvgIpc) is 2.36. The smallest absolute Gasteiger partial charge is 0.0900 e. The van der Waals surface area contributed by atoms with Gasteiger partial charge in [0.2, 0.25) is 0 Å². The van der Waals surface area contributed by atoms with E-state index in [-0.39, 0.29) is 0 Å². The van der Waals surface area contributed by atoms with E-state index < -0.39 is 0 Å². The van der Waals surface area contributed by atoms with Gasteiger partial charge in [0.25, 0.3) is 0 Å². The van der Waals surface area contributed by atoms with Crippen molar-refractivity contribution in [3.8, 4) is 0 Å². The van der Waals surface area contributed by atoms with Gasteiger partial charge in [-0.2, -0.15) is 0 Å². The molecule has 2 nitrogen and oxygen atoms in total. The molecular weight excluding hydrogens is 196 g/mol. The highest BCUT2D eigenvalue weighted by molar-refractivity contribution is 6.20. The van der Waals surface area contributed by atoms with Crippen LogP contribution in [-0.2, 0) is 0 Å². The maximum atomic E-state index is 4.40. The monoisotopic (exact) mass is 203 g/mol. The van der Waals surface area contributed by atoms with Crippen molar-refractivity contribution in [2.75, 3.05) is 0 Å². The maximum absolute atomic E-state index is 4.40. The minimum Gasteiger partial charge on any atom is -0.256 e. The summed E-state index contributed by atoms with van der Waals surface area (Å²) in [5.74, 6) is 0. The Hall–Kier alpha value is -2.22. The molecule has 2 aromatic heterocycles. The van der Waals surface area contributed by atoms with Gasteiger partial charge in [0.1, 0.15) is 0 Å². The van der Waals surface area contributed by atoms with E-state index in [0.717, 1.165) is 11.0 Å². The third-order valence-corrected chi connectivity index (χ3v) is 3.05. The molecule has 2 heterocycles. The minimum atomic E-state index is 0.989. The van der Waals surface area contributed by atoms with Crippen molar-refractivity contribution in [3.63, 3.8) is 0 Å². The first kappa shape index (κ1) is 7.99. The molecule has 1 radical (unpaired) electrons. The van der Waals surface area contributed by atoms with E-state index in [1.165, 1.54) is 21.5 Å². The molecule has 2 heteroatoms. The normalized spacial score (nSPS) is 11.8. The Morgan fingerprint density at radius 1 is 0.812 bits per heavy atom. The van der Waals surface area contributed by atoms with Gasteiger partial charge >= 0.3 is 0 Å². The zero-order valence-corrected chi connectivity index (χ0v) is 8.44. The molecule has 0 saturated carbocycles. The van der Waals surface area contributed by atoms with E-state index in [9.17, 15) is 0 Å². The molecule has 2 aromatic carbocycles. The Morgan fingerprint density at radius 2 is 1.62 bits per heavy atom. The molecule has 0 fully saturated rings. The Kier molecular flexibility index (Phi) is 1.33. The maximum Gasteiger partial charge on any atom is 0.0900 e. The molecule has 4 rings (SSSR count). The van der Waals surface area contributed by atoms with E-state index in [1.807, 2.05) is 24.4 Å². The van der Waals surface area contributed by atoms with Crippen LogP contribution in [0.15, 0.2) is 42.6 Å². The van der Waals surface area contributed by atoms with Crippen LogP contribution in [0.4, 0.5) is 0 Å². The van der Waals surface area contributed by atoms with Crippen LogP contribution in [0.2, 0.25) is 0 Å². The molecule has 73 valence electrons. The topological polar surface area (TPSA) is 25.8 Å². The van der Waals surface area contributed by atoms with Crippen molar-refractivity contribution >= 4 is 32.6 Å². The lowest BCUT2D eigenvalue weighted by Crippen LogP contribution is -1.87. The number of nitrogens with zero attached hydrogens (tertiary/aromatic N) is 2. The summed E-state index contributed by atoms with van der Waals surface area (Å²) < 4.78 is 0. The molecule has 4 aromatic rings. The Labute approximate surface area is 91.9 Å². The molecule has 0 spiro atoms. The van der Waals surface area contributed by atoms with E-state index >= 15 is 0 Å². The third-order valence-electron chi connectivity index (χ3n) is 3.05. The lowest BCUT2D eigenvalue weighted by atomic mass is 10.0. The summed E-state index contributed by atoms with van der Waals surface area (Å²) >= 11 is 0. The quantitative estimate of drug-likeness (QED) is 0.410. The molecule has 0 saturated heterocycles. The SMILES string of the molecule is [c]1cc2ccc3nccc4ccc(n1)c2c43. The van der Waals surface area contributed by atoms with Gasteiger partial charge in [-0.3, -0.25) is 4.98 Å². The summed E-state index contributed by atoms with van der Waals surface area (Å²) in [6.07, 6.45) is 4.78. The number of rotatable bonds is 0. The fourth-order valence-electron chi connectivity index (χ4n) is 2.34. The van der Waals surface area contributed by atoms with Gasteiger partial charge in [-0.25, -0.2) is 4.98 Å². The zero-order valence-electron chi connectivity index (χ0n) is 8.44. The van der Waals surface area contributed by atoms with Crippen molar-refractivity contribution in [2.24, 2.45) is 0 Å². The minimum absolute atomic E-state index is 0.989. The predicted molar refractivity (Wildman–Crippen MR) is 64.6 cm³/mol. The van der Waals surface area contributed by atoms with E-state index in [4.69, 9.17) is 0 Å². The first-order valence-electron chi connectivity index (χ1n) is 5.20. The molecule has 0 N–H and O–H groups in total. The van der Waals surface area contributed by atoms with Gasteiger partial charge in [0, 0.05) is 17.0 Å². The third kappa shape index (κ3) is 0.865. The lowest BCUT2D eigenvalue weighted by molar-refractivity contribution is 1.40. The Bertz CT molecular complexity index is 675. The second-order valence-corrected chi connectivity index (χ2v) is 3.93. The van der Waals surface area contributed by atoms with Gasteiger partial charge in [0.15, 0.2) is 0 Å². The number of hydrogen-bond acceptors (Lipinski definition) is 2. The van der Waals surface area contributed by atoms with Gasteiger partial charge in [0.05, 0.1) is 17.2 Å². The summed E-state index contributed by atoms with van der Waals surface area (Å²) in [6, 6.07) is 12.2. The average molecular weight is 203 g/mol. The first-order valence-corrected chi connectivity index (χ1v) is 5.20. The molecule has 0 atom stereocenters. The van der Waals surface area contributed by atoms with Crippen molar-refractivity contribution in [1.82, 2.24) is 9.97 Å². The van der Waals surface area contributed by atoms with Crippen LogP contribution in [0.5, 0.6) is 0 Å². The highest BCUT2D eigenvalue weighted by atomic mass is 14.7. The standard InChI is InChI=1S/C14H7N2/c1-3-11-14-10(6-8-15-11)2-4-12-13(14)9(1)5-7-16-12/h1-7H. The van der Waals surface area contributed by atoms with Crippen LogP contribution in [0.25, 0.3) is 32.6 Å². The molecule has 0 bridgehead atoms. The van der Waals surface area contributed by atoms with Gasteiger partial charge < -0.3 is 0 Å². The highest BCUT2D eigenvalue weighted by Crippen LogP contribution is 2.31. The summed E-state index contributed by atoms with van der Waals surface area (Å²) in [5, 5.41) is 4.80. The van der Waals surface area contributed by atoms with Gasteiger partial charge in [-0.15, -0.1) is 0 Å². The van der Waals surface area contributed by atoms with E-state index in [2.05, 4.69) is 34.4 Å². The fraction of sp³-hybridized carbons (Fsp3) is 0. The number of aromatic nitrogens is 2. The van der Waals surface area contributed by atoms with Crippen molar-refractivity contribution in [2.45, 2.75) is 0 Å². The van der Waals surface area contributed by atoms with E-state index in [0.29, 0.717) is 0 Å². The van der Waals surface area contributed by atoms with Crippen LogP contribution in [0.3, 0.4) is 0 Å². The molecule has 0 amide bonds. The Balaban J connectivity index is 2.51. The highest BCUT2D eigenvalue weighted by Gasteiger charge is 2.07. The van der Waals surface area contributed by atoms with Crippen LogP contribution >= 0.6 is 0 Å². The molecule has 16 heavy (non-hydrogen) atoms. The zero-order chi connectivity index (χ0) is 10.5. The van der Waals surface area contributed by atoms with Crippen molar-refractivity contribution in [1.29, 1.82) is 0 Å². The number of benzene rings is 2. The van der Waals surface area contributed by atoms with Gasteiger partial charge in [-0.1, -0.05) is 12.1 Å². The van der Waals surface area contributed by atoms with Crippen LogP contribution in [0.1, 0.15) is 0 Å². The van der Waals surface area contributed by atoms with Crippen LogP contribution in [0, 0.1) is 6.20 Å². The summed E-state index contributed by atoms with van der Waals surface area (Å²) in [4.78, 5) is 8.68. The van der Waals surface area contributed by atoms with Gasteiger partial charge in [-0.05, 0) is 35.0 Å². The molecular formula is C14H7N2. The second kappa shape index (κ2) is 2.67. The van der Waals surface area contributed by atoms with Crippen LogP contribution in [-0.4, -0.2) is 9.97 Å². The van der Waals surface area contributed by atoms with Crippen molar-refractivity contribution < 1.29 is 0 Å². The fourth-order valence-corrected chi connectivity index (χ4v) is 2.34. The largest absolute Gasteiger partial charge is 0.256 e. The molecule has 0 aliphatic rings. The summed E-state index contributed by atoms with van der Waals surface area (Å²) in [7, 11) is 0. The van der Waals surface area contributed by atoms with E-state index in [1.54, 1.807) is 0 Å². The van der Waals surface area contributed by atoms with Crippen molar-refractivity contribution in [3.05, 3.63) is 48.8 Å².